The molecular weight excluding hydrogens is 327 g/mol. The minimum absolute atomic E-state index is 0.0457. The number of fused-ring (bicyclic) bond motifs is 2. The highest BCUT2D eigenvalue weighted by Gasteiger charge is 2.46. The fourth-order valence-corrected chi connectivity index (χ4v) is 4.56. The van der Waals surface area contributed by atoms with Crippen LogP contribution in [0.15, 0.2) is 56.0 Å². The van der Waals surface area contributed by atoms with Gasteiger partial charge in [-0.05, 0) is 5.57 Å². The highest BCUT2D eigenvalue weighted by atomic mass is 35.5. The predicted octanol–water partition coefficient (Wildman–Crippen LogP) is 3.71. The zero-order valence-corrected chi connectivity index (χ0v) is 12.8. The number of ketones is 1. The highest BCUT2D eigenvalue weighted by molar-refractivity contribution is 8.05. The van der Waals surface area contributed by atoms with Crippen LogP contribution in [0, 0.1) is 28.6 Å². The van der Waals surface area contributed by atoms with E-state index in [4.69, 9.17) is 33.7 Å². The number of carbonyl (C=O) groups excluding carboxylic acids is 1. The van der Waals surface area contributed by atoms with Crippen molar-refractivity contribution in [3.05, 3.63) is 56.0 Å². The lowest BCUT2D eigenvalue weighted by molar-refractivity contribution is -0.111. The number of hydrogen-bond acceptors (Lipinski definition) is 4. The van der Waals surface area contributed by atoms with E-state index in [1.54, 1.807) is 12.2 Å². The summed E-state index contributed by atoms with van der Waals surface area (Å²) in [5.41, 5.74) is 1.14. The molecule has 0 aromatic carbocycles. The van der Waals surface area contributed by atoms with Crippen molar-refractivity contribution in [2.45, 2.75) is 5.25 Å². The Balaban J connectivity index is 2.21. The first-order chi connectivity index (χ1) is 9.99. The van der Waals surface area contributed by atoms with Gasteiger partial charge in [-0.1, -0.05) is 41.9 Å². The van der Waals surface area contributed by atoms with Crippen LogP contribution in [0.3, 0.4) is 0 Å². The Labute approximate surface area is 135 Å². The molecule has 1 aliphatic heterocycles. The minimum atomic E-state index is -0.226. The van der Waals surface area contributed by atoms with Crippen LogP contribution in [-0.4, -0.2) is 11.0 Å². The Morgan fingerprint density at radius 2 is 1.86 bits per heavy atom. The first kappa shape index (κ1) is 14.2. The van der Waals surface area contributed by atoms with Crippen LogP contribution in [0.1, 0.15) is 0 Å². The Kier molecular flexibility index (Phi) is 3.34. The molecule has 2 unspecified atom stereocenters. The monoisotopic (exact) mass is 332 g/mol. The second-order valence-electron chi connectivity index (χ2n) is 4.66. The van der Waals surface area contributed by atoms with Crippen molar-refractivity contribution in [2.24, 2.45) is 5.92 Å². The van der Waals surface area contributed by atoms with E-state index in [2.05, 4.69) is 6.58 Å². The SMILES string of the molecule is C=C1C(=O)C2=C(C1=C(C#N)C#N)C1C=C(Cl)C(Cl)=CC1S2. The average molecular weight is 333 g/mol. The Morgan fingerprint density at radius 3 is 2.48 bits per heavy atom. The van der Waals surface area contributed by atoms with Crippen molar-refractivity contribution in [2.75, 3.05) is 0 Å². The molecule has 0 aromatic rings. The van der Waals surface area contributed by atoms with Crippen molar-refractivity contribution in [3.63, 3.8) is 0 Å². The van der Waals surface area contributed by atoms with E-state index in [0.29, 0.717) is 26.1 Å². The molecule has 0 N–H and O–H groups in total. The summed E-state index contributed by atoms with van der Waals surface area (Å²) in [7, 11) is 0. The molecule has 0 radical (unpaired) electrons. The number of nitrogens with zero attached hydrogens (tertiary/aromatic N) is 2. The van der Waals surface area contributed by atoms with Gasteiger partial charge in [0.2, 0.25) is 0 Å². The third-order valence-electron chi connectivity index (χ3n) is 3.58. The van der Waals surface area contributed by atoms with Crippen LogP contribution in [0.2, 0.25) is 0 Å². The van der Waals surface area contributed by atoms with E-state index in [-0.39, 0.29) is 28.1 Å². The molecule has 1 heterocycles. The Hall–Kier alpha value is -1.72. The van der Waals surface area contributed by atoms with E-state index in [9.17, 15) is 4.79 Å². The quantitative estimate of drug-likeness (QED) is 0.501. The standard InChI is InChI=1S/C15H6Cl2N2OS/c1-6-12(7(4-18)5-19)13-8-2-9(16)10(17)3-11(8)21-15(13)14(6)20/h2-3,8,11H,1H2. The molecule has 102 valence electrons. The van der Waals surface area contributed by atoms with E-state index in [1.165, 1.54) is 11.8 Å². The van der Waals surface area contributed by atoms with Crippen LogP contribution in [0.25, 0.3) is 0 Å². The molecule has 2 aliphatic carbocycles. The van der Waals surface area contributed by atoms with Gasteiger partial charge in [0.1, 0.15) is 17.7 Å². The number of nitriles is 2. The fourth-order valence-electron chi connectivity index (χ4n) is 2.66. The number of allylic oxidation sites excluding steroid dienone is 8. The topological polar surface area (TPSA) is 64.7 Å². The molecule has 6 heteroatoms. The molecular formula is C15H6Cl2N2OS. The van der Waals surface area contributed by atoms with Crippen molar-refractivity contribution in [1.29, 1.82) is 10.5 Å². The number of thioether (sulfide) groups is 1. The van der Waals surface area contributed by atoms with Gasteiger partial charge >= 0.3 is 0 Å². The maximum Gasteiger partial charge on any atom is 0.199 e. The second-order valence-corrected chi connectivity index (χ2v) is 6.66. The summed E-state index contributed by atoms with van der Waals surface area (Å²) in [5, 5.41) is 19.0. The van der Waals surface area contributed by atoms with Crippen molar-refractivity contribution >= 4 is 40.7 Å². The normalized spacial score (nSPS) is 26.8. The molecule has 3 nitrogen and oxygen atoms in total. The number of rotatable bonds is 0. The number of halogens is 2. The van der Waals surface area contributed by atoms with E-state index >= 15 is 0 Å². The second kappa shape index (κ2) is 4.93. The summed E-state index contributed by atoms with van der Waals surface area (Å²) in [4.78, 5) is 12.8. The average Bonchev–Trinajstić information content (AvgIpc) is 2.92. The first-order valence-electron chi connectivity index (χ1n) is 5.94. The van der Waals surface area contributed by atoms with Gasteiger partial charge in [0.05, 0.1) is 15.0 Å². The summed E-state index contributed by atoms with van der Waals surface area (Å²) in [6.45, 7) is 3.73. The van der Waals surface area contributed by atoms with Crippen molar-refractivity contribution in [1.82, 2.24) is 0 Å². The summed E-state index contributed by atoms with van der Waals surface area (Å²) >= 11 is 13.5. The molecule has 0 aromatic heterocycles. The van der Waals surface area contributed by atoms with Crippen LogP contribution < -0.4 is 0 Å². The molecule has 0 amide bonds. The Bertz CT molecular complexity index is 802. The van der Waals surface area contributed by atoms with Crippen LogP contribution in [-0.2, 0) is 4.79 Å². The summed E-state index contributed by atoms with van der Waals surface area (Å²) in [5.74, 6) is -0.397. The van der Waals surface area contributed by atoms with Gasteiger partial charge in [-0.25, -0.2) is 0 Å². The number of Topliss-reactive ketones (excluding diaryl/α,β-unsaturated/α-hetero) is 1. The molecule has 0 fully saturated rings. The maximum atomic E-state index is 12.3. The molecule has 0 bridgehead atoms. The van der Waals surface area contributed by atoms with Crippen LogP contribution >= 0.6 is 35.0 Å². The fraction of sp³-hybridized carbons (Fsp3) is 0.133. The lowest BCUT2D eigenvalue weighted by atomic mass is 9.86. The number of hydrogen-bond donors (Lipinski definition) is 0. The summed E-state index contributed by atoms with van der Waals surface area (Å²) in [6, 6.07) is 3.68. The number of carbonyl (C=O) groups is 1. The van der Waals surface area contributed by atoms with Gasteiger partial charge in [0.15, 0.2) is 5.78 Å². The molecule has 0 saturated carbocycles. The van der Waals surface area contributed by atoms with Crippen molar-refractivity contribution < 1.29 is 4.79 Å². The first-order valence-corrected chi connectivity index (χ1v) is 7.57. The van der Waals surface area contributed by atoms with E-state index < -0.39 is 0 Å². The smallest absolute Gasteiger partial charge is 0.199 e. The van der Waals surface area contributed by atoms with Crippen LogP contribution in [0.4, 0.5) is 0 Å². The lowest BCUT2D eigenvalue weighted by Gasteiger charge is -2.22. The summed E-state index contributed by atoms with van der Waals surface area (Å²) in [6.07, 6.45) is 3.56. The summed E-state index contributed by atoms with van der Waals surface area (Å²) < 4.78 is 0. The molecule has 3 rings (SSSR count). The van der Waals surface area contributed by atoms with Gasteiger partial charge in [-0.15, -0.1) is 11.8 Å². The molecule has 3 aliphatic rings. The molecule has 2 atom stereocenters. The molecule has 21 heavy (non-hydrogen) atoms. The van der Waals surface area contributed by atoms with Crippen molar-refractivity contribution in [3.8, 4) is 12.1 Å². The van der Waals surface area contributed by atoms with E-state index in [1.807, 2.05) is 12.1 Å². The minimum Gasteiger partial charge on any atom is -0.288 e. The Morgan fingerprint density at radius 1 is 1.24 bits per heavy atom. The zero-order valence-electron chi connectivity index (χ0n) is 10.5. The van der Waals surface area contributed by atoms with Crippen LogP contribution in [0.5, 0.6) is 0 Å². The molecule has 0 saturated heterocycles. The predicted molar refractivity (Wildman–Crippen MR) is 82.2 cm³/mol. The lowest BCUT2D eigenvalue weighted by Crippen LogP contribution is -2.16. The highest BCUT2D eigenvalue weighted by Crippen LogP contribution is 2.56. The third-order valence-corrected chi connectivity index (χ3v) is 5.67. The maximum absolute atomic E-state index is 12.3. The van der Waals surface area contributed by atoms with Gasteiger partial charge in [0, 0.05) is 22.3 Å². The van der Waals surface area contributed by atoms with Gasteiger partial charge in [-0.3, -0.25) is 4.79 Å². The largest absolute Gasteiger partial charge is 0.288 e. The van der Waals surface area contributed by atoms with E-state index in [0.717, 1.165) is 0 Å². The zero-order chi connectivity index (χ0) is 15.3. The van der Waals surface area contributed by atoms with Gasteiger partial charge < -0.3 is 0 Å². The van der Waals surface area contributed by atoms with Gasteiger partial charge in [-0.2, -0.15) is 10.5 Å². The third kappa shape index (κ3) is 1.92. The molecule has 0 spiro atoms. The van der Waals surface area contributed by atoms with Gasteiger partial charge in [0.25, 0.3) is 0 Å².